The highest BCUT2D eigenvalue weighted by atomic mass is 32.1. The van der Waals surface area contributed by atoms with E-state index in [-0.39, 0.29) is 0 Å². The molecule has 0 aliphatic carbocycles. The monoisotopic (exact) mass is 673 g/mol. The predicted octanol–water partition coefficient (Wildman–Crippen LogP) is 14.6. The largest absolute Gasteiger partial charge is 0.455 e. The van der Waals surface area contributed by atoms with E-state index in [0.29, 0.717) is 0 Å². The van der Waals surface area contributed by atoms with E-state index in [2.05, 4.69) is 169 Å². The zero-order chi connectivity index (χ0) is 32.8. The number of hydrogen-bond donors (Lipinski definition) is 0. The Kier molecular flexibility index (Phi) is 6.03. The van der Waals surface area contributed by atoms with E-state index in [1.807, 2.05) is 22.7 Å². The maximum atomic E-state index is 6.68. The molecule has 0 saturated heterocycles. The van der Waals surface area contributed by atoms with Gasteiger partial charge in [-0.2, -0.15) is 0 Å². The van der Waals surface area contributed by atoms with Gasteiger partial charge in [-0.3, -0.25) is 0 Å². The summed E-state index contributed by atoms with van der Waals surface area (Å²) < 4.78 is 11.9. The number of furan rings is 1. The third kappa shape index (κ3) is 4.19. The Morgan fingerprint density at radius 3 is 1.94 bits per heavy atom. The Bertz CT molecular complexity index is 3130. The minimum absolute atomic E-state index is 0.882. The highest BCUT2D eigenvalue weighted by Gasteiger charge is 2.21. The predicted molar refractivity (Wildman–Crippen MR) is 217 cm³/mol. The van der Waals surface area contributed by atoms with E-state index in [0.717, 1.165) is 44.4 Å². The summed E-state index contributed by atoms with van der Waals surface area (Å²) in [4.78, 5) is 2.42. The molecule has 3 aromatic heterocycles. The van der Waals surface area contributed by atoms with Crippen LogP contribution < -0.4 is 4.90 Å². The molecule has 50 heavy (non-hydrogen) atoms. The van der Waals surface area contributed by atoms with Gasteiger partial charge in [0.25, 0.3) is 0 Å². The van der Waals surface area contributed by atoms with Gasteiger partial charge in [0.2, 0.25) is 0 Å². The van der Waals surface area contributed by atoms with E-state index in [1.54, 1.807) is 0 Å². The Morgan fingerprint density at radius 2 is 1.06 bits per heavy atom. The summed E-state index contributed by atoms with van der Waals surface area (Å²) in [6, 6.07) is 59.6. The first-order chi connectivity index (χ1) is 24.8. The molecule has 0 unspecified atom stereocenters. The van der Waals surface area contributed by atoms with Gasteiger partial charge in [0.1, 0.15) is 11.2 Å². The second kappa shape index (κ2) is 10.8. The first-order valence-electron chi connectivity index (χ1n) is 16.8. The molecule has 4 heteroatoms. The van der Waals surface area contributed by atoms with Crippen LogP contribution in [0.5, 0.6) is 0 Å². The average Bonchev–Trinajstić information content (AvgIpc) is 3.86. The van der Waals surface area contributed by atoms with Gasteiger partial charge in [0.05, 0.1) is 11.1 Å². The molecule has 8 aromatic carbocycles. The number of anilines is 3. The standard InChI is InChI=1S/C46H27NOS2/c1-2-12-33-28(9-1)19-22-37-45-39(15-8-16-40(45)48-46(33)37)47(32-21-23-36-34-13-3-5-17-41(34)50-44(36)27-32)31-11-7-10-29(25-31)30-20-24-43-38(26-30)35-14-4-6-18-42(35)49-43/h1-27H. The van der Waals surface area contributed by atoms with Crippen LogP contribution in [-0.2, 0) is 0 Å². The zero-order valence-electron chi connectivity index (χ0n) is 26.8. The third-order valence-electron chi connectivity index (χ3n) is 10.0. The Labute approximate surface area is 295 Å². The van der Waals surface area contributed by atoms with Crippen molar-refractivity contribution in [1.82, 2.24) is 0 Å². The average molecular weight is 674 g/mol. The first-order valence-corrected chi connectivity index (χ1v) is 18.5. The molecular formula is C46H27NOS2. The number of hydrogen-bond acceptors (Lipinski definition) is 4. The minimum atomic E-state index is 0.882. The molecule has 0 fully saturated rings. The second-order valence-corrected chi connectivity index (χ2v) is 15.1. The van der Waals surface area contributed by atoms with Gasteiger partial charge in [-0.1, -0.05) is 97.1 Å². The van der Waals surface area contributed by atoms with Gasteiger partial charge in [-0.25, -0.2) is 0 Å². The van der Waals surface area contributed by atoms with Crippen molar-refractivity contribution in [1.29, 1.82) is 0 Å². The van der Waals surface area contributed by atoms with Crippen molar-refractivity contribution < 1.29 is 4.42 Å². The summed E-state index contributed by atoms with van der Waals surface area (Å²) >= 11 is 3.71. The maximum Gasteiger partial charge on any atom is 0.143 e. The molecule has 0 radical (unpaired) electrons. The van der Waals surface area contributed by atoms with Crippen LogP contribution in [0.3, 0.4) is 0 Å². The third-order valence-corrected chi connectivity index (χ3v) is 12.3. The van der Waals surface area contributed by atoms with Crippen LogP contribution in [0.1, 0.15) is 0 Å². The van der Waals surface area contributed by atoms with Crippen LogP contribution in [0, 0.1) is 0 Å². The normalized spacial score (nSPS) is 12.0. The first kappa shape index (κ1) is 28.0. The van der Waals surface area contributed by atoms with Gasteiger partial charge in [0.15, 0.2) is 0 Å². The Balaban J connectivity index is 1.16. The van der Waals surface area contributed by atoms with Crippen molar-refractivity contribution in [2.75, 3.05) is 4.90 Å². The molecule has 3 heterocycles. The molecule has 0 N–H and O–H groups in total. The summed E-state index contributed by atoms with van der Waals surface area (Å²) in [6.07, 6.45) is 0. The fourth-order valence-electron chi connectivity index (χ4n) is 7.73. The van der Waals surface area contributed by atoms with Gasteiger partial charge in [-0.15, -0.1) is 22.7 Å². The van der Waals surface area contributed by atoms with Crippen molar-refractivity contribution in [3.05, 3.63) is 164 Å². The van der Waals surface area contributed by atoms with E-state index in [4.69, 9.17) is 4.42 Å². The molecular weight excluding hydrogens is 647 g/mol. The van der Waals surface area contributed by atoms with Crippen molar-refractivity contribution in [3.63, 3.8) is 0 Å². The van der Waals surface area contributed by atoms with E-state index in [1.165, 1.54) is 56.9 Å². The number of nitrogens with zero attached hydrogens (tertiary/aromatic N) is 1. The molecule has 0 bridgehead atoms. The fourth-order valence-corrected chi connectivity index (χ4v) is 9.96. The topological polar surface area (TPSA) is 16.4 Å². The Hall–Kier alpha value is -5.94. The van der Waals surface area contributed by atoms with Crippen LogP contribution in [0.2, 0.25) is 0 Å². The summed E-state index contributed by atoms with van der Waals surface area (Å²) in [7, 11) is 0. The summed E-state index contributed by atoms with van der Waals surface area (Å²) in [6.45, 7) is 0. The molecule has 0 aliphatic heterocycles. The molecule has 234 valence electrons. The summed E-state index contributed by atoms with van der Waals surface area (Å²) in [5, 5.41) is 9.75. The van der Waals surface area contributed by atoms with Gasteiger partial charge in [0, 0.05) is 62.5 Å². The molecule has 2 nitrogen and oxygen atoms in total. The highest BCUT2D eigenvalue weighted by Crippen LogP contribution is 2.47. The van der Waals surface area contributed by atoms with Crippen LogP contribution in [-0.4, -0.2) is 0 Å². The number of fused-ring (bicyclic) bond motifs is 11. The Morgan fingerprint density at radius 1 is 0.400 bits per heavy atom. The van der Waals surface area contributed by atoms with Gasteiger partial charge < -0.3 is 9.32 Å². The lowest BCUT2D eigenvalue weighted by atomic mass is 10.0. The quantitative estimate of drug-likeness (QED) is 0.185. The number of benzene rings is 8. The van der Waals surface area contributed by atoms with E-state index in [9.17, 15) is 0 Å². The number of thiophene rings is 2. The fraction of sp³-hybridized carbons (Fsp3) is 0. The smallest absolute Gasteiger partial charge is 0.143 e. The maximum absolute atomic E-state index is 6.68. The lowest BCUT2D eigenvalue weighted by molar-refractivity contribution is 0.672. The van der Waals surface area contributed by atoms with E-state index >= 15 is 0 Å². The van der Waals surface area contributed by atoms with Crippen molar-refractivity contribution >= 4 is 113 Å². The van der Waals surface area contributed by atoms with Crippen LogP contribution in [0.4, 0.5) is 17.1 Å². The lowest BCUT2D eigenvalue weighted by Gasteiger charge is -2.27. The van der Waals surface area contributed by atoms with Gasteiger partial charge >= 0.3 is 0 Å². The van der Waals surface area contributed by atoms with Crippen molar-refractivity contribution in [3.8, 4) is 11.1 Å². The van der Waals surface area contributed by atoms with E-state index < -0.39 is 0 Å². The van der Waals surface area contributed by atoms with Gasteiger partial charge in [-0.05, 0) is 83.2 Å². The molecule has 11 rings (SSSR count). The molecule has 0 spiro atoms. The zero-order valence-corrected chi connectivity index (χ0v) is 28.4. The van der Waals surface area contributed by atoms with Crippen LogP contribution >= 0.6 is 22.7 Å². The van der Waals surface area contributed by atoms with Crippen LogP contribution in [0.15, 0.2) is 168 Å². The minimum Gasteiger partial charge on any atom is -0.455 e. The molecule has 11 aromatic rings. The molecule has 0 aliphatic rings. The van der Waals surface area contributed by atoms with Crippen LogP contribution in [0.25, 0.3) is 84.2 Å². The summed E-state index contributed by atoms with van der Waals surface area (Å²) in [5.41, 5.74) is 7.50. The molecule has 0 amide bonds. The molecule has 0 saturated carbocycles. The lowest BCUT2D eigenvalue weighted by Crippen LogP contribution is -2.10. The second-order valence-electron chi connectivity index (χ2n) is 12.9. The highest BCUT2D eigenvalue weighted by molar-refractivity contribution is 7.26. The van der Waals surface area contributed by atoms with Crippen molar-refractivity contribution in [2.24, 2.45) is 0 Å². The molecule has 0 atom stereocenters. The number of rotatable bonds is 4. The SMILES string of the molecule is c1cc(-c2ccc3sc4ccccc4c3c2)cc(N(c2ccc3c(c2)sc2ccccc23)c2cccc3oc4c5ccccc5ccc4c23)c1. The summed E-state index contributed by atoms with van der Waals surface area (Å²) in [5.74, 6) is 0. The van der Waals surface area contributed by atoms with Crippen molar-refractivity contribution in [2.45, 2.75) is 0 Å².